The van der Waals surface area contributed by atoms with Crippen LogP contribution in [0.5, 0.6) is 0 Å². The van der Waals surface area contributed by atoms with E-state index in [-0.39, 0.29) is 5.82 Å². The van der Waals surface area contributed by atoms with E-state index >= 15 is 0 Å². The Morgan fingerprint density at radius 2 is 2.10 bits per heavy atom. The summed E-state index contributed by atoms with van der Waals surface area (Å²) in [6.45, 7) is 6.18. The van der Waals surface area contributed by atoms with E-state index in [1.54, 1.807) is 12.3 Å². The van der Waals surface area contributed by atoms with Gasteiger partial charge in [-0.2, -0.15) is 0 Å². The molecule has 0 radical (unpaired) electrons. The van der Waals surface area contributed by atoms with E-state index in [1.807, 2.05) is 26.1 Å². The van der Waals surface area contributed by atoms with Gasteiger partial charge in [0.2, 0.25) is 0 Å². The van der Waals surface area contributed by atoms with Gasteiger partial charge in [0.1, 0.15) is 11.6 Å². The molecule has 0 aliphatic rings. The standard InChI is InChI=1S/C17H23FN2O/c1-4-9-19-11-15-16(18)6-5-7-17(15)20(3)12-14-8-10-21-13(14)2/h5-8,10,19H,4,9,11-12H2,1-3H3. The van der Waals surface area contributed by atoms with Crippen LogP contribution in [0.4, 0.5) is 10.1 Å². The largest absolute Gasteiger partial charge is 0.469 e. The van der Waals surface area contributed by atoms with Crippen LogP contribution in [-0.2, 0) is 13.1 Å². The van der Waals surface area contributed by atoms with Crippen molar-refractivity contribution in [1.82, 2.24) is 5.32 Å². The second-order valence-corrected chi connectivity index (χ2v) is 5.27. The van der Waals surface area contributed by atoms with Crippen LogP contribution in [0.25, 0.3) is 0 Å². The predicted molar refractivity (Wildman–Crippen MR) is 83.9 cm³/mol. The van der Waals surface area contributed by atoms with Crippen molar-refractivity contribution in [2.45, 2.75) is 33.4 Å². The first-order chi connectivity index (χ1) is 10.1. The van der Waals surface area contributed by atoms with Crippen LogP contribution < -0.4 is 10.2 Å². The monoisotopic (exact) mass is 290 g/mol. The fraction of sp³-hybridized carbons (Fsp3) is 0.412. The van der Waals surface area contributed by atoms with Gasteiger partial charge in [-0.25, -0.2) is 4.39 Å². The van der Waals surface area contributed by atoms with Gasteiger partial charge in [0.15, 0.2) is 0 Å². The van der Waals surface area contributed by atoms with E-state index in [9.17, 15) is 4.39 Å². The molecule has 21 heavy (non-hydrogen) atoms. The quantitative estimate of drug-likeness (QED) is 0.785. The lowest BCUT2D eigenvalue weighted by Crippen LogP contribution is -2.22. The first kappa shape index (κ1) is 15.6. The maximum atomic E-state index is 14.1. The van der Waals surface area contributed by atoms with Crippen LogP contribution in [-0.4, -0.2) is 13.6 Å². The lowest BCUT2D eigenvalue weighted by atomic mass is 10.1. The molecule has 1 aromatic heterocycles. The average molecular weight is 290 g/mol. The van der Waals surface area contributed by atoms with Crippen LogP contribution in [0, 0.1) is 12.7 Å². The minimum absolute atomic E-state index is 0.160. The molecule has 0 saturated heterocycles. The van der Waals surface area contributed by atoms with Gasteiger partial charge in [-0.1, -0.05) is 13.0 Å². The third-order valence-corrected chi connectivity index (χ3v) is 3.61. The Hall–Kier alpha value is -1.81. The Kier molecular flexibility index (Phi) is 5.39. The SMILES string of the molecule is CCCNCc1c(F)cccc1N(C)Cc1ccoc1C. The Morgan fingerprint density at radius 1 is 1.29 bits per heavy atom. The van der Waals surface area contributed by atoms with Crippen molar-refractivity contribution in [3.63, 3.8) is 0 Å². The normalized spacial score (nSPS) is 10.9. The van der Waals surface area contributed by atoms with Gasteiger partial charge in [0.05, 0.1) is 6.26 Å². The minimum atomic E-state index is -0.160. The molecule has 2 aromatic rings. The van der Waals surface area contributed by atoms with E-state index in [1.165, 1.54) is 6.07 Å². The number of nitrogens with one attached hydrogen (secondary N) is 1. The molecule has 0 unspecified atom stereocenters. The van der Waals surface area contributed by atoms with Crippen LogP contribution in [0.15, 0.2) is 34.9 Å². The molecule has 0 fully saturated rings. The molecule has 4 heteroatoms. The number of benzene rings is 1. The van der Waals surface area contributed by atoms with Crippen molar-refractivity contribution in [2.75, 3.05) is 18.5 Å². The molecule has 0 aliphatic carbocycles. The van der Waals surface area contributed by atoms with E-state index < -0.39 is 0 Å². The number of hydrogen-bond acceptors (Lipinski definition) is 3. The second-order valence-electron chi connectivity index (χ2n) is 5.27. The summed E-state index contributed by atoms with van der Waals surface area (Å²) >= 11 is 0. The average Bonchev–Trinajstić information content (AvgIpc) is 2.86. The third kappa shape index (κ3) is 3.85. The summed E-state index contributed by atoms with van der Waals surface area (Å²) in [6, 6.07) is 7.19. The highest BCUT2D eigenvalue weighted by molar-refractivity contribution is 5.54. The van der Waals surface area contributed by atoms with Crippen LogP contribution >= 0.6 is 0 Å². The smallest absolute Gasteiger partial charge is 0.129 e. The molecule has 1 N–H and O–H groups in total. The van der Waals surface area contributed by atoms with Crippen molar-refractivity contribution in [3.05, 3.63) is 53.2 Å². The Morgan fingerprint density at radius 3 is 2.76 bits per heavy atom. The molecule has 1 heterocycles. The summed E-state index contributed by atoms with van der Waals surface area (Å²) in [5, 5.41) is 3.27. The van der Waals surface area contributed by atoms with Crippen molar-refractivity contribution in [2.24, 2.45) is 0 Å². The highest BCUT2D eigenvalue weighted by Crippen LogP contribution is 2.24. The molecule has 114 valence electrons. The van der Waals surface area contributed by atoms with Gasteiger partial charge in [-0.05, 0) is 38.1 Å². The molecule has 1 aromatic carbocycles. The number of furan rings is 1. The number of halogens is 1. The van der Waals surface area contributed by atoms with E-state index in [0.717, 1.165) is 35.5 Å². The maximum Gasteiger partial charge on any atom is 0.129 e. The lowest BCUT2D eigenvalue weighted by Gasteiger charge is -2.23. The van der Waals surface area contributed by atoms with E-state index in [2.05, 4.69) is 17.1 Å². The van der Waals surface area contributed by atoms with Gasteiger partial charge in [0.25, 0.3) is 0 Å². The second kappa shape index (κ2) is 7.27. The van der Waals surface area contributed by atoms with Crippen molar-refractivity contribution in [3.8, 4) is 0 Å². The van der Waals surface area contributed by atoms with E-state index in [0.29, 0.717) is 13.1 Å². The molecule has 2 rings (SSSR count). The first-order valence-corrected chi connectivity index (χ1v) is 7.35. The van der Waals surface area contributed by atoms with Crippen LogP contribution in [0.2, 0.25) is 0 Å². The lowest BCUT2D eigenvalue weighted by molar-refractivity contribution is 0.529. The van der Waals surface area contributed by atoms with Gasteiger partial charge in [0, 0.05) is 37.0 Å². The molecular formula is C17H23FN2O. The zero-order chi connectivity index (χ0) is 15.2. The zero-order valence-electron chi connectivity index (χ0n) is 12.9. The Bertz CT molecular complexity index is 580. The first-order valence-electron chi connectivity index (χ1n) is 7.35. The molecule has 0 spiro atoms. The summed E-state index contributed by atoms with van der Waals surface area (Å²) < 4.78 is 19.4. The van der Waals surface area contributed by atoms with E-state index in [4.69, 9.17) is 4.42 Å². The number of hydrogen-bond donors (Lipinski definition) is 1. The summed E-state index contributed by atoms with van der Waals surface area (Å²) in [5.74, 6) is 0.746. The molecule has 3 nitrogen and oxygen atoms in total. The number of nitrogens with zero attached hydrogens (tertiary/aromatic N) is 1. The van der Waals surface area contributed by atoms with Crippen molar-refractivity contribution >= 4 is 5.69 Å². The van der Waals surface area contributed by atoms with Crippen LogP contribution in [0.3, 0.4) is 0 Å². The zero-order valence-corrected chi connectivity index (χ0v) is 12.9. The summed E-state index contributed by atoms with van der Waals surface area (Å²) in [7, 11) is 1.98. The molecular weight excluding hydrogens is 267 g/mol. The predicted octanol–water partition coefficient (Wildman–Crippen LogP) is 3.86. The molecule has 0 saturated carbocycles. The fourth-order valence-corrected chi connectivity index (χ4v) is 2.39. The minimum Gasteiger partial charge on any atom is -0.469 e. The van der Waals surface area contributed by atoms with Crippen molar-refractivity contribution < 1.29 is 8.81 Å². The Balaban J connectivity index is 2.17. The molecule has 0 bridgehead atoms. The highest BCUT2D eigenvalue weighted by atomic mass is 19.1. The summed E-state index contributed by atoms with van der Waals surface area (Å²) in [5.41, 5.74) is 2.75. The topological polar surface area (TPSA) is 28.4 Å². The number of aryl methyl sites for hydroxylation is 1. The van der Waals surface area contributed by atoms with Gasteiger partial charge in [-0.3, -0.25) is 0 Å². The summed E-state index contributed by atoms with van der Waals surface area (Å²) in [6.07, 6.45) is 2.72. The maximum absolute atomic E-state index is 14.1. The Labute approximate surface area is 125 Å². The molecule has 0 aliphatic heterocycles. The van der Waals surface area contributed by atoms with Gasteiger partial charge in [-0.15, -0.1) is 0 Å². The van der Waals surface area contributed by atoms with Crippen molar-refractivity contribution in [1.29, 1.82) is 0 Å². The van der Waals surface area contributed by atoms with Gasteiger partial charge >= 0.3 is 0 Å². The third-order valence-electron chi connectivity index (χ3n) is 3.61. The van der Waals surface area contributed by atoms with Gasteiger partial charge < -0.3 is 14.6 Å². The fourth-order valence-electron chi connectivity index (χ4n) is 2.39. The summed E-state index contributed by atoms with van der Waals surface area (Å²) in [4.78, 5) is 2.06. The molecule has 0 atom stereocenters. The molecule has 0 amide bonds. The number of anilines is 1. The number of rotatable bonds is 7. The highest BCUT2D eigenvalue weighted by Gasteiger charge is 2.13. The van der Waals surface area contributed by atoms with Crippen LogP contribution in [0.1, 0.15) is 30.2 Å².